The van der Waals surface area contributed by atoms with Gasteiger partial charge in [-0.3, -0.25) is 15.1 Å². The first kappa shape index (κ1) is 21.3. The number of non-ortho nitro benzene ring substituents is 1. The van der Waals surface area contributed by atoms with Crippen molar-refractivity contribution in [2.75, 3.05) is 12.1 Å². The van der Waals surface area contributed by atoms with Gasteiger partial charge in [-0.1, -0.05) is 29.9 Å². The number of hydrazine groups is 1. The van der Waals surface area contributed by atoms with E-state index in [0.717, 1.165) is 0 Å². The number of rotatable bonds is 4. The third-order valence-electron chi connectivity index (χ3n) is 5.54. The Balaban J connectivity index is 1.66. The number of para-hydroxylation sites is 2. The molecule has 0 saturated carbocycles. The highest BCUT2D eigenvalue weighted by atomic mass is 16.7. The number of hydrogen-bond acceptors (Lipinski definition) is 9. The van der Waals surface area contributed by atoms with Crippen LogP contribution < -0.4 is 26.0 Å². The fourth-order valence-corrected chi connectivity index (χ4v) is 3.88. The van der Waals surface area contributed by atoms with E-state index in [1.807, 2.05) is 18.2 Å². The second kappa shape index (κ2) is 8.75. The summed E-state index contributed by atoms with van der Waals surface area (Å²) in [5.74, 6) is 0.0775. The fraction of sp³-hybridized carbons (Fsp3) is 0.125. The monoisotopic (exact) mass is 457 g/mol. The van der Waals surface area contributed by atoms with Gasteiger partial charge in [0.2, 0.25) is 0 Å². The van der Waals surface area contributed by atoms with Gasteiger partial charge >= 0.3 is 5.97 Å². The summed E-state index contributed by atoms with van der Waals surface area (Å²) in [6.07, 6.45) is 0.231. The zero-order valence-electron chi connectivity index (χ0n) is 18.0. The maximum atomic E-state index is 12.8. The second-order valence-electron chi connectivity index (χ2n) is 7.61. The van der Waals surface area contributed by atoms with Crippen molar-refractivity contribution >= 4 is 17.3 Å². The number of hydrogen-bond donors (Lipinski definition) is 1. The van der Waals surface area contributed by atoms with Crippen molar-refractivity contribution in [3.05, 3.63) is 111 Å². The zero-order chi connectivity index (χ0) is 23.7. The molecule has 10 heteroatoms. The predicted molar refractivity (Wildman–Crippen MR) is 121 cm³/mol. The molecule has 0 aliphatic carbocycles. The number of carbonyl (C=O) groups is 1. The predicted octanol–water partition coefficient (Wildman–Crippen LogP) is 2.68. The van der Waals surface area contributed by atoms with Crippen molar-refractivity contribution in [3.63, 3.8) is 0 Å². The Morgan fingerprint density at radius 3 is 2.59 bits per heavy atom. The molecule has 2 heterocycles. The molecule has 3 aromatic rings. The first-order chi connectivity index (χ1) is 16.5. The maximum absolute atomic E-state index is 12.8. The molecular weight excluding hydrogens is 438 g/mol. The number of anilines is 1. The lowest BCUT2D eigenvalue weighted by Crippen LogP contribution is -2.29. The van der Waals surface area contributed by atoms with Crippen LogP contribution in [-0.4, -0.2) is 18.0 Å². The molecule has 1 unspecified atom stereocenters. The summed E-state index contributed by atoms with van der Waals surface area (Å²) < 4.78 is 5.21. The van der Waals surface area contributed by atoms with Gasteiger partial charge in [-0.2, -0.15) is 0 Å². The lowest BCUT2D eigenvalue weighted by molar-refractivity contribution is -0.384. The van der Waals surface area contributed by atoms with Crippen LogP contribution in [0.25, 0.3) is 0 Å². The van der Waals surface area contributed by atoms with Crippen molar-refractivity contribution in [2.24, 2.45) is 9.98 Å². The molecule has 0 aromatic heterocycles. The molecule has 10 nitrogen and oxygen atoms in total. The molecule has 2 aliphatic rings. The number of nitrogens with zero attached hydrogens (tertiary/aromatic N) is 4. The van der Waals surface area contributed by atoms with Crippen molar-refractivity contribution in [3.8, 4) is 5.75 Å². The van der Waals surface area contributed by atoms with Gasteiger partial charge in [0, 0.05) is 18.6 Å². The Morgan fingerprint density at radius 1 is 1.09 bits per heavy atom. The Hall–Kier alpha value is -4.57. The second-order valence-corrected chi connectivity index (χ2v) is 7.61. The highest BCUT2D eigenvalue weighted by molar-refractivity contribution is 5.95. The van der Waals surface area contributed by atoms with Crippen LogP contribution in [-0.2, 0) is 9.63 Å². The number of nitro groups is 1. The molecule has 2 aliphatic heterocycles. The Kier molecular flexibility index (Phi) is 5.48. The Morgan fingerprint density at radius 2 is 1.85 bits per heavy atom. The maximum Gasteiger partial charge on any atom is 0.378 e. The molecule has 0 spiro atoms. The van der Waals surface area contributed by atoms with Crippen LogP contribution in [0.15, 0.2) is 94.2 Å². The summed E-state index contributed by atoms with van der Waals surface area (Å²) in [5, 5.41) is 14.1. The van der Waals surface area contributed by atoms with Crippen LogP contribution in [0.4, 0.5) is 11.4 Å². The summed E-state index contributed by atoms with van der Waals surface area (Å²) in [6.45, 7) is 0. The Labute approximate surface area is 193 Å². The van der Waals surface area contributed by atoms with Crippen LogP contribution in [0, 0.1) is 10.1 Å². The van der Waals surface area contributed by atoms with E-state index in [0.29, 0.717) is 33.4 Å². The summed E-state index contributed by atoms with van der Waals surface area (Å²) in [5.41, 5.74) is 4.55. The number of benzene rings is 3. The van der Waals surface area contributed by atoms with E-state index in [4.69, 9.17) is 19.6 Å². The SMILES string of the molecule is COc1ccc(N2NOC(=O)/C2=C2/CC(c3cccc([N+](=O)[O-])c3)N=c3ccccc3=N2)cc1. The van der Waals surface area contributed by atoms with Crippen molar-refractivity contribution in [1.29, 1.82) is 0 Å². The van der Waals surface area contributed by atoms with Crippen LogP contribution >= 0.6 is 0 Å². The average Bonchev–Trinajstić information content (AvgIpc) is 3.14. The molecule has 1 saturated heterocycles. The van der Waals surface area contributed by atoms with E-state index in [9.17, 15) is 14.9 Å². The van der Waals surface area contributed by atoms with E-state index in [1.165, 1.54) is 17.1 Å². The van der Waals surface area contributed by atoms with Crippen molar-refractivity contribution < 1.29 is 19.3 Å². The van der Waals surface area contributed by atoms with Gasteiger partial charge in [0.1, 0.15) is 5.75 Å². The third-order valence-corrected chi connectivity index (χ3v) is 5.54. The zero-order valence-corrected chi connectivity index (χ0v) is 18.0. The minimum atomic E-state index is -0.591. The molecule has 1 N–H and O–H groups in total. The van der Waals surface area contributed by atoms with E-state index >= 15 is 0 Å². The molecule has 0 bridgehead atoms. The van der Waals surface area contributed by atoms with Gasteiger partial charge in [0.05, 0.1) is 40.2 Å². The number of ether oxygens (including phenoxy) is 1. The lowest BCUT2D eigenvalue weighted by Gasteiger charge is -2.18. The number of methoxy groups -OCH3 is 1. The topological polar surface area (TPSA) is 119 Å². The molecule has 0 amide bonds. The van der Waals surface area contributed by atoms with Gasteiger partial charge < -0.3 is 9.57 Å². The third kappa shape index (κ3) is 3.97. The van der Waals surface area contributed by atoms with E-state index in [1.54, 1.807) is 49.6 Å². The first-order valence-corrected chi connectivity index (χ1v) is 10.4. The molecule has 34 heavy (non-hydrogen) atoms. The lowest BCUT2D eigenvalue weighted by atomic mass is 10.0. The summed E-state index contributed by atoms with van der Waals surface area (Å²) in [4.78, 5) is 38.4. The van der Waals surface area contributed by atoms with Gasteiger partial charge in [-0.25, -0.2) is 14.8 Å². The summed E-state index contributed by atoms with van der Waals surface area (Å²) in [6, 6.07) is 20.2. The number of nitrogens with one attached hydrogen (secondary N) is 1. The standard InChI is InChI=1S/C24H19N5O5/c1-33-18-11-9-16(10-12-18)28-23(24(30)34-27-28)22-14-21(15-5-4-6-17(13-15)29(31)32)25-19-7-2-3-8-20(19)26-22/h2-13,21,27H,14H2,1H3/b23-22+. The van der Waals surface area contributed by atoms with E-state index in [-0.39, 0.29) is 17.8 Å². The minimum absolute atomic E-state index is 0.0295. The minimum Gasteiger partial charge on any atom is -0.497 e. The van der Waals surface area contributed by atoms with Gasteiger partial charge in [-0.15, -0.1) is 0 Å². The first-order valence-electron chi connectivity index (χ1n) is 10.4. The van der Waals surface area contributed by atoms with Crippen LogP contribution in [0.5, 0.6) is 5.75 Å². The number of nitro benzene ring substituents is 1. The van der Waals surface area contributed by atoms with Crippen molar-refractivity contribution in [1.82, 2.24) is 5.59 Å². The largest absolute Gasteiger partial charge is 0.497 e. The van der Waals surface area contributed by atoms with Crippen LogP contribution in [0.2, 0.25) is 0 Å². The smallest absolute Gasteiger partial charge is 0.378 e. The van der Waals surface area contributed by atoms with E-state index in [2.05, 4.69) is 5.59 Å². The normalized spacial score (nSPS) is 19.4. The Bertz CT molecular complexity index is 1430. The average molecular weight is 457 g/mol. The number of fused-ring (bicyclic) bond motifs is 1. The van der Waals surface area contributed by atoms with E-state index < -0.39 is 16.9 Å². The molecule has 1 fully saturated rings. The summed E-state index contributed by atoms with van der Waals surface area (Å²) >= 11 is 0. The quantitative estimate of drug-likeness (QED) is 0.363. The highest BCUT2D eigenvalue weighted by Crippen LogP contribution is 2.33. The molecule has 5 rings (SSSR count). The molecule has 170 valence electrons. The molecule has 3 aromatic carbocycles. The van der Waals surface area contributed by atoms with Gasteiger partial charge in [0.25, 0.3) is 5.69 Å². The summed E-state index contributed by atoms with van der Waals surface area (Å²) in [7, 11) is 1.57. The molecule has 1 atom stereocenters. The van der Waals surface area contributed by atoms with Crippen molar-refractivity contribution in [2.45, 2.75) is 12.5 Å². The molecular formula is C24H19N5O5. The highest BCUT2D eigenvalue weighted by Gasteiger charge is 2.34. The number of carbonyl (C=O) groups excluding carboxylic acids is 1. The van der Waals surface area contributed by atoms with Crippen LogP contribution in [0.3, 0.4) is 0 Å². The molecule has 0 radical (unpaired) electrons. The van der Waals surface area contributed by atoms with Gasteiger partial charge in [-0.05, 0) is 42.0 Å². The van der Waals surface area contributed by atoms with Crippen LogP contribution in [0.1, 0.15) is 18.0 Å². The fourth-order valence-electron chi connectivity index (χ4n) is 3.88. The van der Waals surface area contributed by atoms with Gasteiger partial charge in [0.15, 0.2) is 5.70 Å².